The summed E-state index contributed by atoms with van der Waals surface area (Å²) in [5.41, 5.74) is 0.726. The molecule has 0 unspecified atom stereocenters. The molecular formula is C31H40O17. The minimum absolute atomic E-state index is 0.0254. The minimum Gasteiger partial charge on any atom is -0.463 e. The molecular weight excluding hydrogens is 644 g/mol. The van der Waals surface area contributed by atoms with Gasteiger partial charge in [0.25, 0.3) is 0 Å². The van der Waals surface area contributed by atoms with Crippen LogP contribution < -0.4 is 0 Å². The first-order valence-electron chi connectivity index (χ1n) is 14.9. The number of ether oxygens (including phenoxy) is 10. The lowest BCUT2D eigenvalue weighted by atomic mass is 9.97. The zero-order valence-corrected chi connectivity index (χ0v) is 27.3. The Morgan fingerprint density at radius 2 is 1.02 bits per heavy atom. The van der Waals surface area contributed by atoms with Gasteiger partial charge in [0.05, 0.1) is 13.2 Å². The maximum atomic E-state index is 12.2. The van der Waals surface area contributed by atoms with Crippen molar-refractivity contribution in [2.24, 2.45) is 0 Å². The molecule has 2 saturated heterocycles. The smallest absolute Gasteiger partial charge is 0.303 e. The number of hydrogen-bond acceptors (Lipinski definition) is 17. The number of aliphatic hydroxyl groups is 1. The molecule has 48 heavy (non-hydrogen) atoms. The van der Waals surface area contributed by atoms with Gasteiger partial charge in [-0.05, 0) is 5.56 Å². The van der Waals surface area contributed by atoms with Crippen molar-refractivity contribution >= 4 is 35.8 Å². The highest BCUT2D eigenvalue weighted by atomic mass is 16.7. The quantitative estimate of drug-likeness (QED) is 0.218. The van der Waals surface area contributed by atoms with E-state index < -0.39 is 110 Å². The first-order chi connectivity index (χ1) is 22.7. The van der Waals surface area contributed by atoms with E-state index >= 15 is 0 Å². The predicted molar refractivity (Wildman–Crippen MR) is 155 cm³/mol. The number of esters is 6. The molecule has 2 aliphatic heterocycles. The standard InChI is InChI=1S/C31H40O17/c1-15(32)39-13-23-25(43-17(3)34)27(45-19(5)36)29(46-20(6)37)31(48-23)41-14-22-24(42-16(2)33)26(44-18(4)35)28(30(38)47-22)40-12-21-10-8-7-9-11-21/h7-11,22-31,38H,12-14H2,1-6H3/t22-,23-,24-,25-,26+,27+,28-,29-,30+,31-/m1/s1. The van der Waals surface area contributed by atoms with E-state index in [-0.39, 0.29) is 6.61 Å². The van der Waals surface area contributed by atoms with Gasteiger partial charge >= 0.3 is 35.8 Å². The number of carbonyl (C=O) groups is 6. The molecule has 266 valence electrons. The highest BCUT2D eigenvalue weighted by Gasteiger charge is 2.54. The Kier molecular flexibility index (Phi) is 14.2. The second-order valence-corrected chi connectivity index (χ2v) is 10.9. The van der Waals surface area contributed by atoms with E-state index in [1.165, 1.54) is 0 Å². The summed E-state index contributed by atoms with van der Waals surface area (Å²) < 4.78 is 55.6. The van der Waals surface area contributed by atoms with E-state index in [1.54, 1.807) is 30.3 Å². The predicted octanol–water partition coefficient (Wildman–Crippen LogP) is 0.252. The lowest BCUT2D eigenvalue weighted by molar-refractivity contribution is -0.333. The van der Waals surface area contributed by atoms with Crippen molar-refractivity contribution in [2.45, 2.75) is 110 Å². The Labute approximate surface area is 275 Å². The molecule has 0 radical (unpaired) electrons. The fourth-order valence-electron chi connectivity index (χ4n) is 5.15. The van der Waals surface area contributed by atoms with E-state index in [4.69, 9.17) is 47.4 Å². The van der Waals surface area contributed by atoms with Crippen molar-refractivity contribution in [3.05, 3.63) is 35.9 Å². The monoisotopic (exact) mass is 684 g/mol. The van der Waals surface area contributed by atoms with Gasteiger partial charge in [-0.3, -0.25) is 28.8 Å². The first kappa shape index (κ1) is 38.3. The van der Waals surface area contributed by atoms with Crippen LogP contribution in [0.4, 0.5) is 0 Å². The molecule has 0 saturated carbocycles. The summed E-state index contributed by atoms with van der Waals surface area (Å²) in [6.45, 7) is 5.44. The molecule has 0 amide bonds. The van der Waals surface area contributed by atoms with Crippen molar-refractivity contribution in [2.75, 3.05) is 13.2 Å². The summed E-state index contributed by atoms with van der Waals surface area (Å²) in [4.78, 5) is 72.2. The van der Waals surface area contributed by atoms with Crippen LogP contribution in [0, 0.1) is 0 Å². The normalized spacial score (nSPS) is 29.9. The summed E-state index contributed by atoms with van der Waals surface area (Å²) in [6, 6.07) is 8.89. The largest absolute Gasteiger partial charge is 0.463 e. The Hall–Kier alpha value is -4.16. The van der Waals surface area contributed by atoms with Crippen LogP contribution in [0.3, 0.4) is 0 Å². The molecule has 0 bridgehead atoms. The van der Waals surface area contributed by atoms with E-state index in [0.29, 0.717) is 0 Å². The average Bonchev–Trinajstić information content (AvgIpc) is 2.98. The van der Waals surface area contributed by atoms with Crippen LogP contribution in [-0.4, -0.2) is 116 Å². The molecule has 0 aromatic heterocycles. The van der Waals surface area contributed by atoms with Gasteiger partial charge in [0, 0.05) is 41.5 Å². The van der Waals surface area contributed by atoms with Crippen LogP contribution in [0.2, 0.25) is 0 Å². The summed E-state index contributed by atoms with van der Waals surface area (Å²) in [5.74, 6) is -4.80. The van der Waals surface area contributed by atoms with Crippen molar-refractivity contribution in [1.29, 1.82) is 0 Å². The second kappa shape index (κ2) is 17.8. The Bertz CT molecular complexity index is 1280. The fraction of sp³-hybridized carbons (Fsp3) is 0.613. The maximum absolute atomic E-state index is 12.2. The molecule has 1 aromatic carbocycles. The van der Waals surface area contributed by atoms with Gasteiger partial charge in [-0.25, -0.2) is 0 Å². The Balaban J connectivity index is 1.93. The molecule has 2 aliphatic rings. The molecule has 10 atom stereocenters. The van der Waals surface area contributed by atoms with Crippen molar-refractivity contribution < 1.29 is 81.2 Å². The van der Waals surface area contributed by atoms with E-state index in [1.807, 2.05) is 0 Å². The van der Waals surface area contributed by atoms with Crippen molar-refractivity contribution in [1.82, 2.24) is 0 Å². The number of hydrogen-bond donors (Lipinski definition) is 1. The van der Waals surface area contributed by atoms with Gasteiger partial charge < -0.3 is 52.5 Å². The van der Waals surface area contributed by atoms with E-state index in [9.17, 15) is 33.9 Å². The topological polar surface area (TPSA) is 215 Å². The molecule has 2 heterocycles. The van der Waals surface area contributed by atoms with Crippen LogP contribution in [0.5, 0.6) is 0 Å². The van der Waals surface area contributed by atoms with Gasteiger partial charge in [-0.2, -0.15) is 0 Å². The number of carbonyl (C=O) groups excluding carboxylic acids is 6. The van der Waals surface area contributed by atoms with E-state index in [2.05, 4.69) is 0 Å². The van der Waals surface area contributed by atoms with Crippen LogP contribution in [-0.2, 0) is 82.7 Å². The molecule has 3 rings (SSSR count). The second-order valence-electron chi connectivity index (χ2n) is 10.9. The molecule has 1 aromatic rings. The molecule has 0 spiro atoms. The third kappa shape index (κ3) is 11.2. The number of aliphatic hydroxyl groups excluding tert-OH is 1. The van der Waals surface area contributed by atoms with Crippen LogP contribution in [0.15, 0.2) is 30.3 Å². The third-order valence-electron chi connectivity index (χ3n) is 6.87. The van der Waals surface area contributed by atoms with Crippen LogP contribution >= 0.6 is 0 Å². The van der Waals surface area contributed by atoms with Crippen molar-refractivity contribution in [3.8, 4) is 0 Å². The van der Waals surface area contributed by atoms with Gasteiger partial charge in [0.15, 0.2) is 43.1 Å². The Morgan fingerprint density at radius 1 is 0.562 bits per heavy atom. The summed E-state index contributed by atoms with van der Waals surface area (Å²) in [7, 11) is 0. The van der Waals surface area contributed by atoms with Gasteiger partial charge in [-0.1, -0.05) is 30.3 Å². The lowest BCUT2D eigenvalue weighted by Gasteiger charge is -2.46. The summed E-state index contributed by atoms with van der Waals surface area (Å²) >= 11 is 0. The Morgan fingerprint density at radius 3 is 1.52 bits per heavy atom. The molecule has 17 heteroatoms. The summed E-state index contributed by atoms with van der Waals surface area (Å²) in [6.07, 6.45) is -14.6. The fourth-order valence-corrected chi connectivity index (χ4v) is 5.15. The van der Waals surface area contributed by atoms with Crippen LogP contribution in [0.1, 0.15) is 47.1 Å². The molecule has 1 N–H and O–H groups in total. The highest BCUT2D eigenvalue weighted by molar-refractivity contribution is 5.69. The maximum Gasteiger partial charge on any atom is 0.303 e. The van der Waals surface area contributed by atoms with Crippen molar-refractivity contribution in [3.63, 3.8) is 0 Å². The van der Waals surface area contributed by atoms with Crippen LogP contribution in [0.25, 0.3) is 0 Å². The zero-order chi connectivity index (χ0) is 35.5. The molecule has 17 nitrogen and oxygen atoms in total. The summed E-state index contributed by atoms with van der Waals surface area (Å²) in [5, 5.41) is 11.0. The van der Waals surface area contributed by atoms with E-state index in [0.717, 1.165) is 47.1 Å². The van der Waals surface area contributed by atoms with Gasteiger partial charge in [0.2, 0.25) is 0 Å². The SMILES string of the molecule is CC(=O)OC[C@H]1O[C@@H](OC[C@H]2O[C@H](O)[C@H](OCc3ccccc3)[C@@H](OC(C)=O)[C@@H]2OC(C)=O)[C@H](OC(C)=O)[C@@H](OC(C)=O)[C@@H]1OC(C)=O. The molecule has 2 fully saturated rings. The third-order valence-corrected chi connectivity index (χ3v) is 6.87. The van der Waals surface area contributed by atoms with Gasteiger partial charge in [0.1, 0.15) is 24.9 Å². The average molecular weight is 685 g/mol. The lowest BCUT2D eigenvalue weighted by Crippen LogP contribution is -2.64. The zero-order valence-electron chi connectivity index (χ0n) is 27.3. The number of benzene rings is 1. The van der Waals surface area contributed by atoms with Gasteiger partial charge in [-0.15, -0.1) is 0 Å². The first-order valence-corrected chi connectivity index (χ1v) is 14.9. The minimum atomic E-state index is -1.73. The number of rotatable bonds is 13. The highest BCUT2D eigenvalue weighted by Crippen LogP contribution is 2.32. The molecule has 0 aliphatic carbocycles.